The first-order valence-corrected chi connectivity index (χ1v) is 8.06. The molecule has 5 heteroatoms. The van der Waals surface area contributed by atoms with E-state index in [0.717, 1.165) is 11.3 Å². The molecule has 2 amide bonds. The molecule has 126 valence electrons. The smallest absolute Gasteiger partial charge is 0.409 e. The van der Waals surface area contributed by atoms with Gasteiger partial charge in [-0.3, -0.25) is 4.79 Å². The summed E-state index contributed by atoms with van der Waals surface area (Å²) in [5.74, 6) is -0.0323. The highest BCUT2D eigenvalue weighted by atomic mass is 16.5. The highest BCUT2D eigenvalue weighted by Gasteiger charge is 2.28. The Morgan fingerprint density at radius 3 is 2.35 bits per heavy atom. The summed E-state index contributed by atoms with van der Waals surface area (Å²) in [6.45, 7) is 7.52. The van der Waals surface area contributed by atoms with Crippen molar-refractivity contribution in [1.82, 2.24) is 4.90 Å². The van der Waals surface area contributed by atoms with Crippen LogP contribution in [0.1, 0.15) is 39.2 Å². The van der Waals surface area contributed by atoms with Crippen molar-refractivity contribution < 1.29 is 14.3 Å². The van der Waals surface area contributed by atoms with E-state index < -0.39 is 0 Å². The predicted molar refractivity (Wildman–Crippen MR) is 90.5 cm³/mol. The predicted octanol–water partition coefficient (Wildman–Crippen LogP) is 3.40. The molecule has 0 atom stereocenters. The Bertz CT molecular complexity index is 570. The molecule has 0 saturated carbocycles. The molecule has 1 fully saturated rings. The summed E-state index contributed by atoms with van der Waals surface area (Å²) in [5, 5.41) is 3.07. The maximum atomic E-state index is 12.5. The van der Waals surface area contributed by atoms with Gasteiger partial charge in [-0.05, 0) is 29.9 Å². The lowest BCUT2D eigenvalue weighted by Gasteiger charge is -2.30. The third-order valence-electron chi connectivity index (χ3n) is 4.29. The molecule has 0 radical (unpaired) electrons. The van der Waals surface area contributed by atoms with Crippen molar-refractivity contribution in [3.8, 4) is 0 Å². The fourth-order valence-electron chi connectivity index (χ4n) is 2.93. The molecule has 0 spiro atoms. The average molecular weight is 318 g/mol. The van der Waals surface area contributed by atoms with Crippen LogP contribution in [0.5, 0.6) is 0 Å². The third kappa shape index (κ3) is 4.24. The Kier molecular flexibility index (Phi) is 5.29. The van der Waals surface area contributed by atoms with E-state index in [9.17, 15) is 9.59 Å². The molecule has 1 N–H and O–H groups in total. The van der Waals surface area contributed by atoms with E-state index in [1.54, 1.807) is 4.90 Å². The topological polar surface area (TPSA) is 58.6 Å². The van der Waals surface area contributed by atoms with Gasteiger partial charge < -0.3 is 15.0 Å². The lowest BCUT2D eigenvalue weighted by molar-refractivity contribution is -0.121. The number of hydrogen-bond acceptors (Lipinski definition) is 3. The highest BCUT2D eigenvalue weighted by molar-refractivity contribution is 5.93. The minimum absolute atomic E-state index is 0.0296. The van der Waals surface area contributed by atoms with E-state index in [1.807, 2.05) is 18.2 Å². The van der Waals surface area contributed by atoms with Crippen molar-refractivity contribution in [2.45, 2.75) is 39.0 Å². The Morgan fingerprint density at radius 1 is 1.17 bits per heavy atom. The Morgan fingerprint density at radius 2 is 1.78 bits per heavy atom. The van der Waals surface area contributed by atoms with Crippen LogP contribution in [0.2, 0.25) is 0 Å². The van der Waals surface area contributed by atoms with Crippen LogP contribution in [0, 0.1) is 5.92 Å². The second-order valence-corrected chi connectivity index (χ2v) is 7.02. The minimum atomic E-state index is -0.318. The van der Waals surface area contributed by atoms with Gasteiger partial charge in [0.1, 0.15) is 0 Å². The number of carbonyl (C=O) groups is 2. The number of nitrogens with one attached hydrogen (secondary N) is 1. The molecule has 5 nitrogen and oxygen atoms in total. The van der Waals surface area contributed by atoms with E-state index in [1.165, 1.54) is 7.11 Å². The first-order valence-electron chi connectivity index (χ1n) is 8.06. The molecule has 0 unspecified atom stereocenters. The maximum Gasteiger partial charge on any atom is 0.409 e. The van der Waals surface area contributed by atoms with Crippen LogP contribution >= 0.6 is 0 Å². The van der Waals surface area contributed by atoms with Crippen molar-refractivity contribution >= 4 is 17.7 Å². The monoisotopic (exact) mass is 318 g/mol. The largest absolute Gasteiger partial charge is 0.453 e. The SMILES string of the molecule is COC(=O)N1CCC(C(=O)Nc2ccccc2C(C)(C)C)CC1. The Hall–Kier alpha value is -2.04. The molecule has 1 heterocycles. The number of anilines is 1. The summed E-state index contributed by atoms with van der Waals surface area (Å²) in [5.41, 5.74) is 1.97. The van der Waals surface area contributed by atoms with Crippen LogP contribution in [0.15, 0.2) is 24.3 Å². The number of carbonyl (C=O) groups excluding carboxylic acids is 2. The molecule has 23 heavy (non-hydrogen) atoms. The van der Waals surface area contributed by atoms with Gasteiger partial charge >= 0.3 is 6.09 Å². The van der Waals surface area contributed by atoms with Crippen molar-refractivity contribution in [2.75, 3.05) is 25.5 Å². The van der Waals surface area contributed by atoms with Crippen LogP contribution in [-0.4, -0.2) is 37.1 Å². The van der Waals surface area contributed by atoms with Crippen LogP contribution in [0.4, 0.5) is 10.5 Å². The zero-order valence-electron chi connectivity index (χ0n) is 14.4. The van der Waals surface area contributed by atoms with E-state index >= 15 is 0 Å². The molecule has 0 bridgehead atoms. The quantitative estimate of drug-likeness (QED) is 0.909. The fourth-order valence-corrected chi connectivity index (χ4v) is 2.93. The number of hydrogen-bond donors (Lipinski definition) is 1. The zero-order valence-corrected chi connectivity index (χ0v) is 14.4. The summed E-state index contributed by atoms with van der Waals surface area (Å²) < 4.78 is 4.72. The van der Waals surface area contributed by atoms with Crippen LogP contribution in [-0.2, 0) is 14.9 Å². The summed E-state index contributed by atoms with van der Waals surface area (Å²) in [7, 11) is 1.38. The molecular weight excluding hydrogens is 292 g/mol. The zero-order chi connectivity index (χ0) is 17.0. The van der Waals surface area contributed by atoms with Gasteiger partial charge in [0.05, 0.1) is 7.11 Å². The lowest BCUT2D eigenvalue weighted by atomic mass is 9.85. The molecular formula is C18H26N2O3. The average Bonchev–Trinajstić information content (AvgIpc) is 2.53. The number of rotatable bonds is 2. The fraction of sp³-hybridized carbons (Fsp3) is 0.556. The van der Waals surface area contributed by atoms with E-state index in [0.29, 0.717) is 25.9 Å². The van der Waals surface area contributed by atoms with E-state index in [2.05, 4.69) is 32.2 Å². The van der Waals surface area contributed by atoms with Crippen molar-refractivity contribution in [3.05, 3.63) is 29.8 Å². The van der Waals surface area contributed by atoms with Crippen molar-refractivity contribution in [1.29, 1.82) is 0 Å². The van der Waals surface area contributed by atoms with Crippen LogP contribution in [0.25, 0.3) is 0 Å². The van der Waals surface area contributed by atoms with Gasteiger partial charge in [0.2, 0.25) is 5.91 Å². The van der Waals surface area contributed by atoms with Gasteiger partial charge in [0.15, 0.2) is 0 Å². The first-order chi connectivity index (χ1) is 10.8. The van der Waals surface area contributed by atoms with Gasteiger partial charge in [0, 0.05) is 24.7 Å². The highest BCUT2D eigenvalue weighted by Crippen LogP contribution is 2.30. The normalized spacial score (nSPS) is 16.1. The molecule has 0 aliphatic carbocycles. The number of nitrogens with zero attached hydrogens (tertiary/aromatic N) is 1. The lowest BCUT2D eigenvalue weighted by Crippen LogP contribution is -2.41. The van der Waals surface area contributed by atoms with Crippen molar-refractivity contribution in [2.24, 2.45) is 5.92 Å². The van der Waals surface area contributed by atoms with Gasteiger partial charge in [-0.1, -0.05) is 39.0 Å². The molecule has 1 aliphatic rings. The Labute approximate surface area is 138 Å². The first kappa shape index (κ1) is 17.3. The molecule has 1 saturated heterocycles. The van der Waals surface area contributed by atoms with Gasteiger partial charge in [-0.2, -0.15) is 0 Å². The van der Waals surface area contributed by atoms with Gasteiger partial charge in [-0.25, -0.2) is 4.79 Å². The second-order valence-electron chi connectivity index (χ2n) is 7.02. The number of methoxy groups -OCH3 is 1. The molecule has 1 aromatic rings. The number of ether oxygens (including phenoxy) is 1. The number of benzene rings is 1. The number of likely N-dealkylation sites (tertiary alicyclic amines) is 1. The molecule has 0 aromatic heterocycles. The standard InChI is InChI=1S/C18H26N2O3/c1-18(2,3)14-7-5-6-8-15(14)19-16(21)13-9-11-20(12-10-13)17(22)23-4/h5-8,13H,9-12H2,1-4H3,(H,19,21). The summed E-state index contributed by atoms with van der Waals surface area (Å²) >= 11 is 0. The van der Waals surface area contributed by atoms with Gasteiger partial charge in [-0.15, -0.1) is 0 Å². The van der Waals surface area contributed by atoms with Crippen LogP contribution in [0.3, 0.4) is 0 Å². The summed E-state index contributed by atoms with van der Waals surface area (Å²) in [6.07, 6.45) is 1.01. The van der Waals surface area contributed by atoms with E-state index in [4.69, 9.17) is 4.74 Å². The maximum absolute atomic E-state index is 12.5. The molecule has 1 aromatic carbocycles. The van der Waals surface area contributed by atoms with E-state index in [-0.39, 0.29) is 23.3 Å². The molecule has 2 rings (SSSR count). The summed E-state index contributed by atoms with van der Waals surface area (Å²) in [4.78, 5) is 25.7. The van der Waals surface area contributed by atoms with Gasteiger partial charge in [0.25, 0.3) is 0 Å². The number of amides is 2. The summed E-state index contributed by atoms with van der Waals surface area (Å²) in [6, 6.07) is 7.92. The number of para-hydroxylation sites is 1. The minimum Gasteiger partial charge on any atom is -0.453 e. The number of piperidine rings is 1. The Balaban J connectivity index is 2.00. The molecule has 1 aliphatic heterocycles. The van der Waals surface area contributed by atoms with Crippen molar-refractivity contribution in [3.63, 3.8) is 0 Å². The second kappa shape index (κ2) is 7.02. The third-order valence-corrected chi connectivity index (χ3v) is 4.29. The van der Waals surface area contributed by atoms with Crippen LogP contribution < -0.4 is 5.32 Å².